The number of halogens is 2. The fourth-order valence-corrected chi connectivity index (χ4v) is 2.62. The first-order valence-electron chi connectivity index (χ1n) is 6.25. The van der Waals surface area contributed by atoms with Crippen LogP contribution >= 0.6 is 23.2 Å². The minimum absolute atomic E-state index is 0.511. The fourth-order valence-electron chi connectivity index (χ4n) is 2.13. The lowest BCUT2D eigenvalue weighted by Gasteiger charge is -2.24. The summed E-state index contributed by atoms with van der Waals surface area (Å²) < 4.78 is 0. The van der Waals surface area contributed by atoms with E-state index >= 15 is 0 Å². The molecular formula is C14H21Cl2N. The Morgan fingerprint density at radius 2 is 1.94 bits per heavy atom. The van der Waals surface area contributed by atoms with Crippen LogP contribution in [0.3, 0.4) is 0 Å². The van der Waals surface area contributed by atoms with Crippen molar-refractivity contribution in [1.29, 1.82) is 0 Å². The largest absolute Gasteiger partial charge is 0.314 e. The zero-order chi connectivity index (χ0) is 12.8. The molecule has 0 aromatic heterocycles. The Balaban J connectivity index is 2.73. The highest BCUT2D eigenvalue weighted by molar-refractivity contribution is 6.35. The molecule has 0 amide bonds. The smallest absolute Gasteiger partial charge is 0.0452 e. The molecule has 0 bridgehead atoms. The molecule has 0 spiro atoms. The Labute approximate surface area is 115 Å². The predicted molar refractivity (Wildman–Crippen MR) is 77.1 cm³/mol. The SMILES string of the molecule is CCNC(C)C(CC)Cc1ccc(Cl)cc1Cl. The molecule has 1 aromatic carbocycles. The van der Waals surface area contributed by atoms with Crippen LogP contribution in [0.2, 0.25) is 10.0 Å². The highest BCUT2D eigenvalue weighted by Gasteiger charge is 2.16. The Kier molecular flexibility index (Phi) is 6.32. The maximum Gasteiger partial charge on any atom is 0.0452 e. The van der Waals surface area contributed by atoms with Gasteiger partial charge in [0.15, 0.2) is 0 Å². The third-order valence-electron chi connectivity index (χ3n) is 3.25. The lowest BCUT2D eigenvalue weighted by atomic mass is 9.91. The highest BCUT2D eigenvalue weighted by Crippen LogP contribution is 2.25. The van der Waals surface area contributed by atoms with Gasteiger partial charge in [-0.3, -0.25) is 0 Å². The van der Waals surface area contributed by atoms with Crippen LogP contribution < -0.4 is 5.32 Å². The third-order valence-corrected chi connectivity index (χ3v) is 3.84. The summed E-state index contributed by atoms with van der Waals surface area (Å²) in [6.07, 6.45) is 2.15. The zero-order valence-corrected chi connectivity index (χ0v) is 12.3. The van der Waals surface area contributed by atoms with Crippen LogP contribution in [0.1, 0.15) is 32.8 Å². The van der Waals surface area contributed by atoms with Crippen molar-refractivity contribution in [2.45, 2.75) is 39.7 Å². The normalized spacial score (nSPS) is 14.6. The summed E-state index contributed by atoms with van der Waals surface area (Å²) >= 11 is 12.1. The summed E-state index contributed by atoms with van der Waals surface area (Å²) in [7, 11) is 0. The first kappa shape index (κ1) is 14.8. The molecule has 0 aliphatic heterocycles. The molecule has 3 heteroatoms. The van der Waals surface area contributed by atoms with Gasteiger partial charge in [0, 0.05) is 16.1 Å². The second kappa shape index (κ2) is 7.25. The minimum atomic E-state index is 0.511. The molecule has 2 atom stereocenters. The monoisotopic (exact) mass is 273 g/mol. The molecule has 0 saturated heterocycles. The molecule has 1 nitrogen and oxygen atoms in total. The van der Waals surface area contributed by atoms with Gasteiger partial charge >= 0.3 is 0 Å². The molecule has 1 rings (SSSR count). The van der Waals surface area contributed by atoms with Gasteiger partial charge in [0.1, 0.15) is 0 Å². The molecule has 96 valence electrons. The Hall–Kier alpha value is -0.240. The van der Waals surface area contributed by atoms with Crippen LogP contribution in [0.5, 0.6) is 0 Å². The molecule has 2 unspecified atom stereocenters. The van der Waals surface area contributed by atoms with Gasteiger partial charge in [0.25, 0.3) is 0 Å². The van der Waals surface area contributed by atoms with Gasteiger partial charge in [-0.05, 0) is 43.5 Å². The van der Waals surface area contributed by atoms with E-state index in [-0.39, 0.29) is 0 Å². The topological polar surface area (TPSA) is 12.0 Å². The molecule has 0 aliphatic carbocycles. The van der Waals surface area contributed by atoms with Gasteiger partial charge in [0.2, 0.25) is 0 Å². The quantitative estimate of drug-likeness (QED) is 0.801. The molecule has 1 aromatic rings. The summed E-state index contributed by atoms with van der Waals surface area (Å²) in [5, 5.41) is 4.96. The third kappa shape index (κ3) is 4.50. The molecule has 17 heavy (non-hydrogen) atoms. The molecule has 0 heterocycles. The van der Waals surface area contributed by atoms with E-state index in [1.807, 2.05) is 18.2 Å². The Morgan fingerprint density at radius 1 is 1.24 bits per heavy atom. The molecule has 0 fully saturated rings. The Bertz CT molecular complexity index is 352. The second-order valence-electron chi connectivity index (χ2n) is 4.45. The van der Waals surface area contributed by atoms with E-state index < -0.39 is 0 Å². The molecule has 1 N–H and O–H groups in total. The van der Waals surface area contributed by atoms with E-state index in [0.29, 0.717) is 17.0 Å². The summed E-state index contributed by atoms with van der Waals surface area (Å²) in [6.45, 7) is 7.61. The van der Waals surface area contributed by atoms with E-state index in [0.717, 1.165) is 24.4 Å². The number of rotatable bonds is 6. The van der Waals surface area contributed by atoms with Crippen LogP contribution in [-0.4, -0.2) is 12.6 Å². The van der Waals surface area contributed by atoms with Gasteiger partial charge in [-0.25, -0.2) is 0 Å². The van der Waals surface area contributed by atoms with Crippen molar-refractivity contribution in [1.82, 2.24) is 5.32 Å². The molecule has 0 aliphatic rings. The van der Waals surface area contributed by atoms with Gasteiger partial charge in [-0.2, -0.15) is 0 Å². The van der Waals surface area contributed by atoms with Gasteiger partial charge in [-0.1, -0.05) is 49.5 Å². The van der Waals surface area contributed by atoms with Crippen LogP contribution in [-0.2, 0) is 6.42 Å². The first-order valence-corrected chi connectivity index (χ1v) is 7.01. The van der Waals surface area contributed by atoms with Gasteiger partial charge in [-0.15, -0.1) is 0 Å². The second-order valence-corrected chi connectivity index (χ2v) is 5.30. The van der Waals surface area contributed by atoms with Crippen molar-refractivity contribution >= 4 is 23.2 Å². The van der Waals surface area contributed by atoms with Gasteiger partial charge in [0.05, 0.1) is 0 Å². The van der Waals surface area contributed by atoms with E-state index in [9.17, 15) is 0 Å². The number of nitrogens with one attached hydrogen (secondary N) is 1. The van der Waals surface area contributed by atoms with Crippen LogP contribution in [0.25, 0.3) is 0 Å². The van der Waals surface area contributed by atoms with Gasteiger partial charge < -0.3 is 5.32 Å². The van der Waals surface area contributed by atoms with Crippen molar-refractivity contribution < 1.29 is 0 Å². The number of hydrogen-bond acceptors (Lipinski definition) is 1. The van der Waals surface area contributed by atoms with Crippen molar-refractivity contribution in [3.8, 4) is 0 Å². The zero-order valence-electron chi connectivity index (χ0n) is 10.8. The molecule has 0 saturated carbocycles. The van der Waals surface area contributed by atoms with Crippen molar-refractivity contribution in [3.05, 3.63) is 33.8 Å². The number of benzene rings is 1. The van der Waals surface area contributed by atoms with E-state index in [1.165, 1.54) is 5.56 Å². The maximum atomic E-state index is 6.21. The summed E-state index contributed by atoms with van der Waals surface area (Å²) in [4.78, 5) is 0. The predicted octanol–water partition coefficient (Wildman–Crippen LogP) is 4.56. The standard InChI is InChI=1S/C14H21Cl2N/c1-4-11(10(3)17-5-2)8-12-6-7-13(15)9-14(12)16/h6-7,9-11,17H,4-5,8H2,1-3H3. The Morgan fingerprint density at radius 3 is 2.47 bits per heavy atom. The van der Waals surface area contributed by atoms with E-state index in [4.69, 9.17) is 23.2 Å². The van der Waals surface area contributed by atoms with Crippen LogP contribution in [0, 0.1) is 5.92 Å². The highest BCUT2D eigenvalue weighted by atomic mass is 35.5. The number of hydrogen-bond donors (Lipinski definition) is 1. The van der Waals surface area contributed by atoms with E-state index in [2.05, 4.69) is 26.1 Å². The van der Waals surface area contributed by atoms with Crippen LogP contribution in [0.4, 0.5) is 0 Å². The van der Waals surface area contributed by atoms with Crippen molar-refractivity contribution in [2.24, 2.45) is 5.92 Å². The summed E-state index contributed by atoms with van der Waals surface area (Å²) in [5.41, 5.74) is 1.19. The van der Waals surface area contributed by atoms with Crippen molar-refractivity contribution in [3.63, 3.8) is 0 Å². The van der Waals surface area contributed by atoms with E-state index in [1.54, 1.807) is 0 Å². The fraction of sp³-hybridized carbons (Fsp3) is 0.571. The summed E-state index contributed by atoms with van der Waals surface area (Å²) in [5.74, 6) is 0.605. The summed E-state index contributed by atoms with van der Waals surface area (Å²) in [6, 6.07) is 6.28. The maximum absolute atomic E-state index is 6.21. The average molecular weight is 274 g/mol. The molecule has 0 radical (unpaired) electrons. The minimum Gasteiger partial charge on any atom is -0.314 e. The lowest BCUT2D eigenvalue weighted by molar-refractivity contribution is 0.368. The van der Waals surface area contributed by atoms with Crippen molar-refractivity contribution in [2.75, 3.05) is 6.54 Å². The lowest BCUT2D eigenvalue weighted by Crippen LogP contribution is -2.34. The molecular weight excluding hydrogens is 253 g/mol. The first-order chi connectivity index (χ1) is 8.08. The average Bonchev–Trinajstić information content (AvgIpc) is 2.28. The van der Waals surface area contributed by atoms with Crippen LogP contribution in [0.15, 0.2) is 18.2 Å².